The van der Waals surface area contributed by atoms with Crippen molar-refractivity contribution in [1.29, 1.82) is 0 Å². The Kier molecular flexibility index (Phi) is 6.38. The summed E-state index contributed by atoms with van der Waals surface area (Å²) in [5.41, 5.74) is 0.818. The molecule has 0 spiro atoms. The third-order valence-electron chi connectivity index (χ3n) is 6.42. The van der Waals surface area contributed by atoms with E-state index in [0.29, 0.717) is 16.0 Å². The standard InChI is InChI=1S/C25H30F2OS/c1-3-5-15-28-21-14-13-20-19-12-11-18(17-9-7-16(6-4-2)8-10-17)22(26)24(19)29-25(20)23(21)27/h11-14,16-17H,3-10,15H2,1-2H3/t16-,17-. The van der Waals surface area contributed by atoms with Crippen LogP contribution >= 0.6 is 11.3 Å². The maximum atomic E-state index is 15.5. The molecule has 0 aliphatic heterocycles. The molecule has 1 aromatic heterocycles. The van der Waals surface area contributed by atoms with Crippen molar-refractivity contribution in [3.05, 3.63) is 41.5 Å². The van der Waals surface area contributed by atoms with E-state index in [1.54, 1.807) is 6.07 Å². The number of thiophene rings is 1. The molecule has 0 atom stereocenters. The van der Waals surface area contributed by atoms with Crippen LogP contribution in [0.5, 0.6) is 5.75 Å². The Balaban J connectivity index is 1.65. The maximum Gasteiger partial charge on any atom is 0.182 e. The molecule has 1 aliphatic carbocycles. The van der Waals surface area contributed by atoms with Gasteiger partial charge in [-0.05, 0) is 61.6 Å². The lowest BCUT2D eigenvalue weighted by Crippen LogP contribution is -2.14. The number of hydrogen-bond acceptors (Lipinski definition) is 2. The average molecular weight is 417 g/mol. The normalized spacial score (nSPS) is 19.9. The summed E-state index contributed by atoms with van der Waals surface area (Å²) in [6, 6.07) is 7.48. The molecule has 3 aromatic rings. The molecule has 1 saturated carbocycles. The molecule has 0 bridgehead atoms. The van der Waals surface area contributed by atoms with E-state index in [9.17, 15) is 0 Å². The summed E-state index contributed by atoms with van der Waals surface area (Å²) in [6.07, 6.45) is 8.90. The molecule has 4 heteroatoms. The van der Waals surface area contributed by atoms with Crippen LogP contribution in [0, 0.1) is 17.6 Å². The van der Waals surface area contributed by atoms with E-state index >= 15 is 8.78 Å². The maximum absolute atomic E-state index is 15.5. The van der Waals surface area contributed by atoms with Crippen LogP contribution in [0.15, 0.2) is 24.3 Å². The minimum absolute atomic E-state index is 0.143. The molecule has 1 heterocycles. The Labute approximate surface area is 176 Å². The monoisotopic (exact) mass is 416 g/mol. The number of unbranched alkanes of at least 4 members (excludes halogenated alkanes) is 1. The molecule has 4 rings (SSSR count). The van der Waals surface area contributed by atoms with Gasteiger partial charge in [-0.1, -0.05) is 45.2 Å². The highest BCUT2D eigenvalue weighted by Crippen LogP contribution is 2.44. The summed E-state index contributed by atoms with van der Waals surface area (Å²) in [5, 5.41) is 1.59. The number of fused-ring (bicyclic) bond motifs is 3. The fraction of sp³-hybridized carbons (Fsp3) is 0.520. The molecule has 0 amide bonds. The van der Waals surface area contributed by atoms with Crippen LogP contribution in [0.3, 0.4) is 0 Å². The largest absolute Gasteiger partial charge is 0.490 e. The van der Waals surface area contributed by atoms with E-state index in [1.807, 2.05) is 18.2 Å². The first-order chi connectivity index (χ1) is 14.1. The first-order valence-corrected chi connectivity index (χ1v) is 11.9. The van der Waals surface area contributed by atoms with Crippen molar-refractivity contribution >= 4 is 31.5 Å². The van der Waals surface area contributed by atoms with Crippen LogP contribution in [0.2, 0.25) is 0 Å². The predicted molar refractivity (Wildman–Crippen MR) is 119 cm³/mol. The molecule has 1 aliphatic rings. The van der Waals surface area contributed by atoms with Gasteiger partial charge in [0.2, 0.25) is 0 Å². The van der Waals surface area contributed by atoms with E-state index in [1.165, 1.54) is 37.0 Å². The zero-order valence-corrected chi connectivity index (χ0v) is 18.2. The molecule has 2 aromatic carbocycles. The van der Waals surface area contributed by atoms with E-state index in [2.05, 4.69) is 13.8 Å². The summed E-state index contributed by atoms with van der Waals surface area (Å²) in [5.74, 6) is 0.854. The van der Waals surface area contributed by atoms with E-state index in [4.69, 9.17) is 4.74 Å². The van der Waals surface area contributed by atoms with Crippen LogP contribution in [-0.4, -0.2) is 6.61 Å². The number of hydrogen-bond donors (Lipinski definition) is 0. The number of benzene rings is 2. The quantitative estimate of drug-likeness (QED) is 0.350. The number of rotatable bonds is 7. The second kappa shape index (κ2) is 8.99. The summed E-state index contributed by atoms with van der Waals surface area (Å²) in [6.45, 7) is 4.81. The fourth-order valence-corrected chi connectivity index (χ4v) is 5.94. The number of ether oxygens (including phenoxy) is 1. The van der Waals surface area contributed by atoms with Crippen molar-refractivity contribution in [3.63, 3.8) is 0 Å². The lowest BCUT2D eigenvalue weighted by atomic mass is 9.77. The van der Waals surface area contributed by atoms with Crippen molar-refractivity contribution < 1.29 is 13.5 Å². The Morgan fingerprint density at radius 2 is 1.59 bits per heavy atom. The highest BCUT2D eigenvalue weighted by molar-refractivity contribution is 7.25. The smallest absolute Gasteiger partial charge is 0.182 e. The van der Waals surface area contributed by atoms with Crippen molar-refractivity contribution in [3.8, 4) is 5.75 Å². The van der Waals surface area contributed by atoms with Gasteiger partial charge in [0, 0.05) is 10.8 Å². The minimum atomic E-state index is -0.360. The first-order valence-electron chi connectivity index (χ1n) is 11.1. The second-order valence-corrected chi connectivity index (χ2v) is 9.43. The van der Waals surface area contributed by atoms with E-state index < -0.39 is 0 Å². The highest BCUT2D eigenvalue weighted by Gasteiger charge is 2.26. The van der Waals surface area contributed by atoms with Gasteiger partial charge in [-0.25, -0.2) is 8.78 Å². The summed E-state index contributed by atoms with van der Waals surface area (Å²) in [4.78, 5) is 0. The van der Waals surface area contributed by atoms with Crippen LogP contribution in [0.25, 0.3) is 20.2 Å². The lowest BCUT2D eigenvalue weighted by Gasteiger charge is -2.28. The summed E-state index contributed by atoms with van der Waals surface area (Å²) < 4.78 is 37.2. The Morgan fingerprint density at radius 3 is 2.28 bits per heavy atom. The summed E-state index contributed by atoms with van der Waals surface area (Å²) >= 11 is 1.23. The molecular weight excluding hydrogens is 386 g/mol. The predicted octanol–water partition coefficient (Wildman–Crippen LogP) is 8.59. The van der Waals surface area contributed by atoms with E-state index in [-0.39, 0.29) is 23.3 Å². The molecule has 1 fully saturated rings. The molecular formula is C25H30F2OS. The van der Waals surface area contributed by atoms with Gasteiger partial charge in [-0.15, -0.1) is 11.3 Å². The van der Waals surface area contributed by atoms with Gasteiger partial charge in [0.25, 0.3) is 0 Å². The van der Waals surface area contributed by atoms with Crippen molar-refractivity contribution in [2.24, 2.45) is 5.92 Å². The molecule has 0 unspecified atom stereocenters. The molecule has 156 valence electrons. The second-order valence-electron chi connectivity index (χ2n) is 8.41. The average Bonchev–Trinajstić information content (AvgIpc) is 3.12. The van der Waals surface area contributed by atoms with Gasteiger partial charge in [0.05, 0.1) is 16.0 Å². The molecule has 0 N–H and O–H groups in total. The van der Waals surface area contributed by atoms with Gasteiger partial charge in [-0.2, -0.15) is 0 Å². The molecule has 1 nitrogen and oxygen atoms in total. The van der Waals surface area contributed by atoms with Crippen LogP contribution in [0.4, 0.5) is 8.78 Å². The fourth-order valence-electron chi connectivity index (χ4n) is 4.76. The van der Waals surface area contributed by atoms with Crippen LogP contribution < -0.4 is 4.74 Å². The Bertz CT molecular complexity index is 986. The van der Waals surface area contributed by atoms with Crippen molar-refractivity contribution in [2.45, 2.75) is 71.1 Å². The third-order valence-corrected chi connectivity index (χ3v) is 7.63. The van der Waals surface area contributed by atoms with Gasteiger partial charge >= 0.3 is 0 Å². The van der Waals surface area contributed by atoms with Crippen molar-refractivity contribution in [2.75, 3.05) is 6.61 Å². The third kappa shape index (κ3) is 4.01. The van der Waals surface area contributed by atoms with E-state index in [0.717, 1.165) is 47.9 Å². The first kappa shape index (κ1) is 20.6. The summed E-state index contributed by atoms with van der Waals surface area (Å²) in [7, 11) is 0. The SMILES string of the molecule is CCCCOc1ccc2c(sc3c(F)c([C@H]4CC[C@H](CCC)CC4)ccc32)c1F. The molecule has 29 heavy (non-hydrogen) atoms. The molecule has 0 saturated heterocycles. The molecule has 0 radical (unpaired) electrons. The number of halogens is 2. The van der Waals surface area contributed by atoms with Gasteiger partial charge in [-0.3, -0.25) is 0 Å². The van der Waals surface area contributed by atoms with Gasteiger partial charge in [0.1, 0.15) is 5.82 Å². The van der Waals surface area contributed by atoms with Crippen molar-refractivity contribution in [1.82, 2.24) is 0 Å². The van der Waals surface area contributed by atoms with Gasteiger partial charge in [0.15, 0.2) is 11.6 Å². The zero-order valence-electron chi connectivity index (χ0n) is 17.4. The zero-order chi connectivity index (χ0) is 20.4. The van der Waals surface area contributed by atoms with Gasteiger partial charge < -0.3 is 4.74 Å². The lowest BCUT2D eigenvalue weighted by molar-refractivity contribution is 0.295. The Morgan fingerprint density at radius 1 is 0.897 bits per heavy atom. The minimum Gasteiger partial charge on any atom is -0.490 e. The van der Waals surface area contributed by atoms with Crippen LogP contribution in [0.1, 0.15) is 76.7 Å². The Hall–Kier alpha value is -1.68. The van der Waals surface area contributed by atoms with Crippen LogP contribution in [-0.2, 0) is 0 Å². The highest BCUT2D eigenvalue weighted by atomic mass is 32.1. The topological polar surface area (TPSA) is 9.23 Å².